The van der Waals surface area contributed by atoms with Crippen LogP contribution < -0.4 is 5.32 Å². The highest BCUT2D eigenvalue weighted by atomic mass is 32.2. The van der Waals surface area contributed by atoms with Crippen LogP contribution in [-0.2, 0) is 19.4 Å². The van der Waals surface area contributed by atoms with Crippen LogP contribution >= 0.6 is 0 Å². The Bertz CT molecular complexity index is 462. The van der Waals surface area contributed by atoms with E-state index in [0.29, 0.717) is 6.54 Å². The van der Waals surface area contributed by atoms with Crippen LogP contribution in [0.5, 0.6) is 0 Å². The van der Waals surface area contributed by atoms with Crippen molar-refractivity contribution in [1.82, 2.24) is 10.2 Å². The first kappa shape index (κ1) is 16.9. The van der Waals surface area contributed by atoms with Crippen molar-refractivity contribution in [3.63, 3.8) is 0 Å². The van der Waals surface area contributed by atoms with E-state index < -0.39 is 27.9 Å². The van der Waals surface area contributed by atoms with E-state index in [1.165, 1.54) is 0 Å². The van der Waals surface area contributed by atoms with Gasteiger partial charge in [-0.1, -0.05) is 6.92 Å². The quantitative estimate of drug-likeness (QED) is 0.684. The summed E-state index contributed by atoms with van der Waals surface area (Å²) in [6.07, 6.45) is 0.538. The lowest BCUT2D eigenvalue weighted by Gasteiger charge is -2.38. The van der Waals surface area contributed by atoms with Gasteiger partial charge in [0.1, 0.15) is 0 Å². The van der Waals surface area contributed by atoms with Gasteiger partial charge in [-0.25, -0.2) is 8.42 Å². The topological polar surface area (TPSA) is 104 Å². The molecule has 8 heteroatoms. The van der Waals surface area contributed by atoms with Crippen LogP contribution in [0.15, 0.2) is 0 Å². The van der Waals surface area contributed by atoms with E-state index in [2.05, 4.69) is 5.32 Å². The molecule has 1 saturated heterocycles. The first-order valence-electron chi connectivity index (χ1n) is 6.72. The summed E-state index contributed by atoms with van der Waals surface area (Å²) in [5.74, 6) is -1.49. The van der Waals surface area contributed by atoms with Crippen molar-refractivity contribution in [2.75, 3.05) is 24.6 Å². The molecule has 1 aliphatic rings. The zero-order valence-electron chi connectivity index (χ0n) is 11.8. The molecule has 0 aromatic heterocycles. The number of nitrogens with one attached hydrogen (secondary N) is 1. The number of hydrogen-bond donors (Lipinski definition) is 2. The molecule has 0 aliphatic carbocycles. The first-order chi connectivity index (χ1) is 9.26. The fraction of sp³-hybridized carbons (Fsp3) is 0.833. The van der Waals surface area contributed by atoms with Crippen LogP contribution in [0.1, 0.15) is 26.7 Å². The van der Waals surface area contributed by atoms with E-state index in [-0.39, 0.29) is 30.4 Å². The SMILES string of the molecule is CCCNC(=O)C(C)N1CCS(=O)(=O)CC1CC(=O)O. The highest BCUT2D eigenvalue weighted by Crippen LogP contribution is 2.18. The third-order valence-electron chi connectivity index (χ3n) is 3.41. The maximum Gasteiger partial charge on any atom is 0.304 e. The highest BCUT2D eigenvalue weighted by molar-refractivity contribution is 7.91. The highest BCUT2D eigenvalue weighted by Gasteiger charge is 2.37. The van der Waals surface area contributed by atoms with Gasteiger partial charge in [0.15, 0.2) is 9.84 Å². The van der Waals surface area contributed by atoms with Gasteiger partial charge in [-0.15, -0.1) is 0 Å². The maximum absolute atomic E-state index is 11.9. The maximum atomic E-state index is 11.9. The lowest BCUT2D eigenvalue weighted by atomic mass is 10.1. The van der Waals surface area contributed by atoms with Crippen molar-refractivity contribution in [2.45, 2.75) is 38.8 Å². The fourth-order valence-electron chi connectivity index (χ4n) is 2.33. The fourth-order valence-corrected chi connectivity index (χ4v) is 3.88. The van der Waals surface area contributed by atoms with Crippen molar-refractivity contribution < 1.29 is 23.1 Å². The molecule has 1 heterocycles. The number of hydrogen-bond acceptors (Lipinski definition) is 5. The molecular weight excluding hydrogens is 284 g/mol. The number of carboxylic acids is 1. The van der Waals surface area contributed by atoms with Gasteiger partial charge < -0.3 is 10.4 Å². The van der Waals surface area contributed by atoms with Gasteiger partial charge in [0.25, 0.3) is 0 Å². The van der Waals surface area contributed by atoms with Crippen molar-refractivity contribution in [2.24, 2.45) is 0 Å². The molecule has 0 aromatic carbocycles. The second kappa shape index (κ2) is 7.03. The minimum Gasteiger partial charge on any atom is -0.481 e. The minimum atomic E-state index is -3.22. The van der Waals surface area contributed by atoms with E-state index in [0.717, 1.165) is 6.42 Å². The van der Waals surface area contributed by atoms with Gasteiger partial charge in [0, 0.05) is 19.1 Å². The molecule has 0 saturated carbocycles. The van der Waals surface area contributed by atoms with Crippen LogP contribution in [0.2, 0.25) is 0 Å². The van der Waals surface area contributed by atoms with Crippen molar-refractivity contribution in [3.8, 4) is 0 Å². The van der Waals surface area contributed by atoms with Crippen LogP contribution in [-0.4, -0.2) is 67.0 Å². The number of carboxylic acid groups (broad SMARTS) is 1. The number of carbonyl (C=O) groups is 2. The molecule has 20 heavy (non-hydrogen) atoms. The molecule has 7 nitrogen and oxygen atoms in total. The molecule has 1 amide bonds. The molecule has 2 atom stereocenters. The van der Waals surface area contributed by atoms with E-state index in [9.17, 15) is 18.0 Å². The zero-order valence-corrected chi connectivity index (χ0v) is 12.6. The van der Waals surface area contributed by atoms with Crippen LogP contribution in [0.4, 0.5) is 0 Å². The summed E-state index contributed by atoms with van der Waals surface area (Å²) in [5, 5.41) is 11.6. The summed E-state index contributed by atoms with van der Waals surface area (Å²) < 4.78 is 23.3. The molecule has 1 fully saturated rings. The smallest absolute Gasteiger partial charge is 0.304 e. The predicted octanol–water partition coefficient (Wildman–Crippen LogP) is -0.525. The summed E-state index contributed by atoms with van der Waals surface area (Å²) in [4.78, 5) is 24.5. The summed E-state index contributed by atoms with van der Waals surface area (Å²) >= 11 is 0. The third kappa shape index (κ3) is 4.75. The Morgan fingerprint density at radius 1 is 1.45 bits per heavy atom. The van der Waals surface area contributed by atoms with Crippen molar-refractivity contribution >= 4 is 21.7 Å². The van der Waals surface area contributed by atoms with E-state index >= 15 is 0 Å². The molecule has 2 N–H and O–H groups in total. The Hall–Kier alpha value is -1.15. The van der Waals surface area contributed by atoms with Crippen molar-refractivity contribution in [3.05, 3.63) is 0 Å². The average molecular weight is 306 g/mol. The lowest BCUT2D eigenvalue weighted by Crippen LogP contribution is -2.57. The summed E-state index contributed by atoms with van der Waals surface area (Å²) in [6.45, 7) is 4.36. The number of aliphatic carboxylic acids is 1. The number of sulfone groups is 1. The van der Waals surface area contributed by atoms with Gasteiger partial charge in [0.2, 0.25) is 5.91 Å². The molecule has 2 unspecified atom stereocenters. The molecule has 0 bridgehead atoms. The van der Waals surface area contributed by atoms with Gasteiger partial charge >= 0.3 is 5.97 Å². The number of nitrogens with zero attached hydrogens (tertiary/aromatic N) is 1. The molecular formula is C12H22N2O5S. The zero-order chi connectivity index (χ0) is 15.3. The monoisotopic (exact) mass is 306 g/mol. The standard InChI is InChI=1S/C12H22N2O5S/c1-3-4-13-12(17)9(2)14-5-6-20(18,19)8-10(14)7-11(15)16/h9-10H,3-8H2,1-2H3,(H,13,17)(H,15,16). The Morgan fingerprint density at radius 3 is 2.65 bits per heavy atom. The second-order valence-electron chi connectivity index (χ2n) is 5.07. The lowest BCUT2D eigenvalue weighted by molar-refractivity contribution is -0.139. The number of rotatable bonds is 6. The van der Waals surface area contributed by atoms with E-state index in [1.54, 1.807) is 11.8 Å². The Balaban J connectivity index is 2.78. The minimum absolute atomic E-state index is 0.0332. The van der Waals surface area contributed by atoms with Gasteiger partial charge in [0.05, 0.1) is 24.0 Å². The molecule has 1 aliphatic heterocycles. The van der Waals surface area contributed by atoms with Crippen LogP contribution in [0.25, 0.3) is 0 Å². The molecule has 116 valence electrons. The number of amides is 1. The largest absolute Gasteiger partial charge is 0.481 e. The second-order valence-corrected chi connectivity index (χ2v) is 7.30. The first-order valence-corrected chi connectivity index (χ1v) is 8.54. The summed E-state index contributed by atoms with van der Waals surface area (Å²) in [6, 6.07) is -1.17. The normalized spacial score (nSPS) is 24.0. The van der Waals surface area contributed by atoms with Crippen LogP contribution in [0.3, 0.4) is 0 Å². The van der Waals surface area contributed by atoms with Gasteiger partial charge in [-0.2, -0.15) is 0 Å². The Morgan fingerprint density at radius 2 is 2.10 bits per heavy atom. The van der Waals surface area contributed by atoms with Gasteiger partial charge in [-0.3, -0.25) is 14.5 Å². The average Bonchev–Trinajstić information content (AvgIpc) is 2.33. The molecule has 0 radical (unpaired) electrons. The number of carbonyl (C=O) groups excluding carboxylic acids is 1. The third-order valence-corrected chi connectivity index (χ3v) is 5.11. The summed E-state index contributed by atoms with van der Waals surface area (Å²) in [7, 11) is -3.22. The molecule has 1 rings (SSSR count). The van der Waals surface area contributed by atoms with E-state index in [4.69, 9.17) is 5.11 Å². The van der Waals surface area contributed by atoms with Crippen LogP contribution in [0, 0.1) is 0 Å². The Labute approximate surface area is 119 Å². The Kier molecular flexibility index (Phi) is 5.94. The molecule has 0 spiro atoms. The summed E-state index contributed by atoms with van der Waals surface area (Å²) in [5.41, 5.74) is 0. The van der Waals surface area contributed by atoms with Crippen molar-refractivity contribution in [1.29, 1.82) is 0 Å². The predicted molar refractivity (Wildman–Crippen MR) is 74.2 cm³/mol. The van der Waals surface area contributed by atoms with E-state index in [1.807, 2.05) is 6.92 Å². The van der Waals surface area contributed by atoms with Gasteiger partial charge in [-0.05, 0) is 13.3 Å². The molecule has 0 aromatic rings.